The largest absolute Gasteiger partial charge is 0.486 e. The summed E-state index contributed by atoms with van der Waals surface area (Å²) in [6.07, 6.45) is 0.149. The lowest BCUT2D eigenvalue weighted by Crippen LogP contribution is -2.37. The predicted molar refractivity (Wildman–Crippen MR) is 89.3 cm³/mol. The van der Waals surface area contributed by atoms with E-state index in [1.807, 2.05) is 24.9 Å². The maximum atomic E-state index is 6.24. The molecule has 2 atom stereocenters. The predicted octanol–water partition coefficient (Wildman–Crippen LogP) is 4.12. The third-order valence-corrected chi connectivity index (χ3v) is 4.96. The number of rotatable bonds is 3. The molecule has 0 bridgehead atoms. The minimum Gasteiger partial charge on any atom is -0.486 e. The van der Waals surface area contributed by atoms with E-state index < -0.39 is 0 Å². The van der Waals surface area contributed by atoms with E-state index in [9.17, 15) is 0 Å². The van der Waals surface area contributed by atoms with E-state index in [2.05, 4.69) is 55.6 Å². The van der Waals surface area contributed by atoms with Gasteiger partial charge in [-0.2, -0.15) is 0 Å². The van der Waals surface area contributed by atoms with Crippen LogP contribution in [-0.2, 0) is 0 Å². The van der Waals surface area contributed by atoms with Crippen molar-refractivity contribution in [1.29, 1.82) is 0 Å². The first kappa shape index (κ1) is 14.5. The SMILES string of the molecule is CNC(c1cc(C)cc(C)c1)C1CSc2ccccc2O1. The summed E-state index contributed by atoms with van der Waals surface area (Å²) < 4.78 is 6.24. The van der Waals surface area contributed by atoms with E-state index in [1.54, 1.807) is 0 Å². The number of likely N-dealkylation sites (N-methyl/N-ethyl adjacent to an activating group) is 1. The molecule has 2 nitrogen and oxygen atoms in total. The summed E-state index contributed by atoms with van der Waals surface area (Å²) in [6, 6.07) is 15.2. The summed E-state index contributed by atoms with van der Waals surface area (Å²) in [6.45, 7) is 4.30. The highest BCUT2D eigenvalue weighted by molar-refractivity contribution is 7.99. The van der Waals surface area contributed by atoms with Gasteiger partial charge in [0.05, 0.1) is 6.04 Å². The van der Waals surface area contributed by atoms with Crippen molar-refractivity contribution in [2.24, 2.45) is 0 Å². The third kappa shape index (κ3) is 3.09. The molecule has 2 unspecified atom stereocenters. The fourth-order valence-electron chi connectivity index (χ4n) is 2.96. The van der Waals surface area contributed by atoms with Gasteiger partial charge in [-0.1, -0.05) is 41.5 Å². The minimum absolute atomic E-state index is 0.149. The van der Waals surface area contributed by atoms with Crippen LogP contribution in [-0.4, -0.2) is 18.9 Å². The molecule has 0 spiro atoms. The van der Waals surface area contributed by atoms with Crippen LogP contribution in [0.3, 0.4) is 0 Å². The smallest absolute Gasteiger partial charge is 0.133 e. The molecule has 2 aromatic carbocycles. The van der Waals surface area contributed by atoms with Crippen molar-refractivity contribution in [2.45, 2.75) is 30.9 Å². The van der Waals surface area contributed by atoms with E-state index >= 15 is 0 Å². The second kappa shape index (κ2) is 6.12. The van der Waals surface area contributed by atoms with Crippen molar-refractivity contribution in [2.75, 3.05) is 12.8 Å². The Kier molecular flexibility index (Phi) is 4.22. The number of hydrogen-bond acceptors (Lipinski definition) is 3. The van der Waals surface area contributed by atoms with Crippen molar-refractivity contribution in [3.63, 3.8) is 0 Å². The molecule has 3 heteroatoms. The summed E-state index contributed by atoms with van der Waals surface area (Å²) in [7, 11) is 2.01. The molecular weight excluding hydrogens is 278 g/mol. The Bertz CT molecular complexity index is 621. The van der Waals surface area contributed by atoms with E-state index in [1.165, 1.54) is 21.6 Å². The first-order valence-corrected chi connectivity index (χ1v) is 8.30. The molecule has 1 heterocycles. The Hall–Kier alpha value is -1.45. The van der Waals surface area contributed by atoms with Gasteiger partial charge < -0.3 is 10.1 Å². The van der Waals surface area contributed by atoms with E-state index in [0.29, 0.717) is 0 Å². The van der Waals surface area contributed by atoms with Crippen molar-refractivity contribution in [1.82, 2.24) is 5.32 Å². The lowest BCUT2D eigenvalue weighted by atomic mass is 9.98. The molecule has 0 fully saturated rings. The fraction of sp³-hybridized carbons (Fsp3) is 0.333. The molecule has 3 rings (SSSR count). The van der Waals surface area contributed by atoms with Crippen LogP contribution in [0.15, 0.2) is 47.4 Å². The molecule has 0 saturated carbocycles. The Morgan fingerprint density at radius 2 is 1.86 bits per heavy atom. The van der Waals surface area contributed by atoms with Gasteiger partial charge in [-0.05, 0) is 38.6 Å². The lowest BCUT2D eigenvalue weighted by molar-refractivity contribution is 0.171. The minimum atomic E-state index is 0.149. The average molecular weight is 299 g/mol. The highest BCUT2D eigenvalue weighted by atomic mass is 32.2. The number of hydrogen-bond donors (Lipinski definition) is 1. The Morgan fingerprint density at radius 3 is 2.57 bits per heavy atom. The molecule has 0 saturated heterocycles. The molecule has 1 aliphatic rings. The van der Waals surface area contributed by atoms with Gasteiger partial charge in [0, 0.05) is 10.6 Å². The second-order valence-corrected chi connectivity index (χ2v) is 6.66. The van der Waals surface area contributed by atoms with Gasteiger partial charge in [0.1, 0.15) is 11.9 Å². The topological polar surface area (TPSA) is 21.3 Å². The van der Waals surface area contributed by atoms with Gasteiger partial charge in [-0.15, -0.1) is 11.8 Å². The summed E-state index contributed by atoms with van der Waals surface area (Å²) in [4.78, 5) is 1.24. The first-order chi connectivity index (χ1) is 10.2. The van der Waals surface area contributed by atoms with Crippen LogP contribution in [0.25, 0.3) is 0 Å². The molecule has 1 aliphatic heterocycles. The summed E-state index contributed by atoms with van der Waals surface area (Å²) in [5, 5.41) is 3.43. The zero-order valence-corrected chi connectivity index (χ0v) is 13.5. The Morgan fingerprint density at radius 1 is 1.14 bits per heavy atom. The van der Waals surface area contributed by atoms with Crippen LogP contribution in [0.1, 0.15) is 22.7 Å². The molecule has 0 radical (unpaired) electrons. The fourth-order valence-corrected chi connectivity index (χ4v) is 3.99. The van der Waals surface area contributed by atoms with Crippen molar-refractivity contribution in [3.8, 4) is 5.75 Å². The number of nitrogens with one attached hydrogen (secondary N) is 1. The summed E-state index contributed by atoms with van der Waals surface area (Å²) >= 11 is 1.88. The lowest BCUT2D eigenvalue weighted by Gasteiger charge is -2.32. The molecule has 1 N–H and O–H groups in total. The van der Waals surface area contributed by atoms with Crippen LogP contribution in [0.5, 0.6) is 5.75 Å². The standard InChI is InChI=1S/C18H21NOS/c1-12-8-13(2)10-14(9-12)18(19-3)16-11-21-17-7-5-4-6-15(17)20-16/h4-10,16,18-19H,11H2,1-3H3. The van der Waals surface area contributed by atoms with Gasteiger partial charge in [0.25, 0.3) is 0 Å². The summed E-state index contributed by atoms with van der Waals surface area (Å²) in [5.74, 6) is 1.97. The van der Waals surface area contributed by atoms with Gasteiger partial charge >= 0.3 is 0 Å². The first-order valence-electron chi connectivity index (χ1n) is 7.31. The number of ether oxygens (including phenoxy) is 1. The summed E-state index contributed by atoms with van der Waals surface area (Å²) in [5.41, 5.74) is 3.91. The van der Waals surface area contributed by atoms with E-state index in [-0.39, 0.29) is 12.1 Å². The van der Waals surface area contributed by atoms with Crippen LogP contribution < -0.4 is 10.1 Å². The second-order valence-electron chi connectivity index (χ2n) is 5.60. The van der Waals surface area contributed by atoms with Crippen LogP contribution >= 0.6 is 11.8 Å². The third-order valence-electron chi connectivity index (χ3n) is 3.82. The van der Waals surface area contributed by atoms with Gasteiger partial charge in [-0.3, -0.25) is 0 Å². The van der Waals surface area contributed by atoms with E-state index in [0.717, 1.165) is 11.5 Å². The molecule has 0 aliphatic carbocycles. The normalized spacial score (nSPS) is 18.7. The van der Waals surface area contributed by atoms with Crippen molar-refractivity contribution >= 4 is 11.8 Å². The Labute approximate surface area is 130 Å². The molecule has 110 valence electrons. The number of benzene rings is 2. The average Bonchev–Trinajstić information content (AvgIpc) is 2.47. The van der Waals surface area contributed by atoms with Crippen LogP contribution in [0.2, 0.25) is 0 Å². The number of fused-ring (bicyclic) bond motifs is 1. The van der Waals surface area contributed by atoms with Gasteiger partial charge in [0.2, 0.25) is 0 Å². The zero-order valence-electron chi connectivity index (χ0n) is 12.7. The number of aryl methyl sites for hydroxylation is 2. The maximum Gasteiger partial charge on any atom is 0.133 e. The highest BCUT2D eigenvalue weighted by Crippen LogP contribution is 2.38. The number of thioether (sulfide) groups is 1. The molecule has 0 aromatic heterocycles. The Balaban J connectivity index is 1.88. The monoisotopic (exact) mass is 299 g/mol. The van der Waals surface area contributed by atoms with Crippen molar-refractivity contribution < 1.29 is 4.74 Å². The van der Waals surface area contributed by atoms with Crippen LogP contribution in [0, 0.1) is 13.8 Å². The quantitative estimate of drug-likeness (QED) is 0.921. The van der Waals surface area contributed by atoms with Crippen molar-refractivity contribution in [3.05, 3.63) is 59.2 Å². The molecule has 2 aromatic rings. The highest BCUT2D eigenvalue weighted by Gasteiger charge is 2.28. The van der Waals surface area contributed by atoms with Gasteiger partial charge in [0.15, 0.2) is 0 Å². The molecule has 0 amide bonds. The van der Waals surface area contributed by atoms with Crippen LogP contribution in [0.4, 0.5) is 0 Å². The zero-order chi connectivity index (χ0) is 14.8. The molecular formula is C18H21NOS. The maximum absolute atomic E-state index is 6.24. The van der Waals surface area contributed by atoms with Gasteiger partial charge in [-0.25, -0.2) is 0 Å². The van der Waals surface area contributed by atoms with E-state index in [4.69, 9.17) is 4.74 Å². The molecule has 21 heavy (non-hydrogen) atoms. The number of para-hydroxylation sites is 1.